The molecule has 2 aromatic rings. The lowest BCUT2D eigenvalue weighted by Gasteiger charge is -2.05. The quantitative estimate of drug-likeness (QED) is 0.778. The molecule has 0 saturated heterocycles. The molecule has 6 heteroatoms. The van der Waals surface area contributed by atoms with Gasteiger partial charge in [0.2, 0.25) is 0 Å². The van der Waals surface area contributed by atoms with Gasteiger partial charge < -0.3 is 5.32 Å². The van der Waals surface area contributed by atoms with Gasteiger partial charge in [-0.2, -0.15) is 10.2 Å². The molecule has 0 fully saturated rings. The lowest BCUT2D eigenvalue weighted by Crippen LogP contribution is -2.14. The Morgan fingerprint density at radius 3 is 2.62 bits per heavy atom. The van der Waals surface area contributed by atoms with Crippen LogP contribution in [0.1, 0.15) is 42.9 Å². The van der Waals surface area contributed by atoms with E-state index in [1.54, 1.807) is 0 Å². The average Bonchev–Trinajstić information content (AvgIpc) is 2.94. The molecule has 0 aliphatic heterocycles. The van der Waals surface area contributed by atoms with Crippen molar-refractivity contribution in [2.75, 3.05) is 6.54 Å². The predicted molar refractivity (Wildman–Crippen MR) is 88.4 cm³/mol. The lowest BCUT2D eigenvalue weighted by atomic mass is 10.2. The molecule has 2 rings (SSSR count). The topological polar surface area (TPSA) is 47.7 Å². The summed E-state index contributed by atoms with van der Waals surface area (Å²) in [7, 11) is 0. The summed E-state index contributed by atoms with van der Waals surface area (Å²) in [6.07, 6.45) is 3.28. The van der Waals surface area contributed by atoms with Crippen molar-refractivity contribution in [1.82, 2.24) is 24.9 Å². The lowest BCUT2D eigenvalue weighted by molar-refractivity contribution is 0.572. The smallest absolute Gasteiger partial charge is 0.0840 e. The third kappa shape index (κ3) is 3.74. The molecule has 0 spiro atoms. The molecule has 0 amide bonds. The van der Waals surface area contributed by atoms with Crippen LogP contribution in [0.2, 0.25) is 0 Å². The van der Waals surface area contributed by atoms with E-state index in [-0.39, 0.29) is 0 Å². The van der Waals surface area contributed by atoms with Gasteiger partial charge in [-0.05, 0) is 49.7 Å². The van der Waals surface area contributed by atoms with Crippen LogP contribution in [0.5, 0.6) is 0 Å². The van der Waals surface area contributed by atoms with Crippen LogP contribution in [0.15, 0.2) is 10.7 Å². The molecule has 2 aromatic heterocycles. The van der Waals surface area contributed by atoms with E-state index in [1.807, 2.05) is 16.3 Å². The standard InChI is InChI=1S/C15H24BrN5/c1-5-7-17-8-13-9-20(18-11(13)3)10-14-15(16)12(4)19-21(14)6-2/h9,17H,5-8,10H2,1-4H3. The van der Waals surface area contributed by atoms with Crippen LogP contribution < -0.4 is 5.32 Å². The third-order valence-corrected chi connectivity index (χ3v) is 4.59. The molecule has 21 heavy (non-hydrogen) atoms. The minimum Gasteiger partial charge on any atom is -0.313 e. The number of nitrogens with zero attached hydrogens (tertiary/aromatic N) is 4. The number of rotatable bonds is 7. The zero-order valence-electron chi connectivity index (χ0n) is 13.3. The van der Waals surface area contributed by atoms with E-state index in [9.17, 15) is 0 Å². The van der Waals surface area contributed by atoms with Gasteiger partial charge in [-0.25, -0.2) is 0 Å². The second kappa shape index (κ2) is 7.22. The Labute approximate surface area is 134 Å². The van der Waals surface area contributed by atoms with E-state index in [0.29, 0.717) is 0 Å². The SMILES string of the molecule is CCCNCc1cn(Cc2c(Br)c(C)nn2CC)nc1C. The summed E-state index contributed by atoms with van der Waals surface area (Å²) in [5.41, 5.74) is 4.55. The molecule has 0 unspecified atom stereocenters. The maximum atomic E-state index is 4.63. The Hall–Kier alpha value is -1.14. The van der Waals surface area contributed by atoms with E-state index in [2.05, 4.69) is 58.4 Å². The largest absolute Gasteiger partial charge is 0.313 e. The number of nitrogens with one attached hydrogen (secondary N) is 1. The first-order valence-corrected chi connectivity index (χ1v) is 8.31. The second-order valence-electron chi connectivity index (χ2n) is 5.28. The molecule has 0 aromatic carbocycles. The van der Waals surface area contributed by atoms with Gasteiger partial charge in [0.1, 0.15) is 0 Å². The Bertz CT molecular complexity index is 599. The van der Waals surface area contributed by atoms with Crippen LogP contribution in [0.3, 0.4) is 0 Å². The van der Waals surface area contributed by atoms with Gasteiger partial charge >= 0.3 is 0 Å². The number of halogens is 1. The summed E-state index contributed by atoms with van der Waals surface area (Å²) in [5, 5.41) is 12.6. The molecule has 0 atom stereocenters. The Kier molecular flexibility index (Phi) is 5.58. The molecule has 0 aliphatic rings. The second-order valence-corrected chi connectivity index (χ2v) is 6.07. The van der Waals surface area contributed by atoms with Crippen molar-refractivity contribution in [3.05, 3.63) is 33.3 Å². The van der Waals surface area contributed by atoms with Crippen molar-refractivity contribution in [3.8, 4) is 0 Å². The highest BCUT2D eigenvalue weighted by Gasteiger charge is 2.14. The van der Waals surface area contributed by atoms with E-state index < -0.39 is 0 Å². The zero-order chi connectivity index (χ0) is 15.4. The summed E-state index contributed by atoms with van der Waals surface area (Å²) in [6.45, 7) is 11.9. The first kappa shape index (κ1) is 16.2. The monoisotopic (exact) mass is 353 g/mol. The molecular weight excluding hydrogens is 330 g/mol. The van der Waals surface area contributed by atoms with Gasteiger partial charge in [0.25, 0.3) is 0 Å². The highest BCUT2D eigenvalue weighted by atomic mass is 79.9. The van der Waals surface area contributed by atoms with Crippen LogP contribution in [-0.4, -0.2) is 26.1 Å². The first-order chi connectivity index (χ1) is 10.1. The Morgan fingerprint density at radius 1 is 1.19 bits per heavy atom. The van der Waals surface area contributed by atoms with Gasteiger partial charge in [-0.15, -0.1) is 0 Å². The van der Waals surface area contributed by atoms with E-state index in [4.69, 9.17) is 0 Å². The van der Waals surface area contributed by atoms with Crippen molar-refractivity contribution in [3.63, 3.8) is 0 Å². The van der Waals surface area contributed by atoms with Gasteiger partial charge in [0.15, 0.2) is 0 Å². The van der Waals surface area contributed by atoms with E-state index in [0.717, 1.165) is 48.5 Å². The van der Waals surface area contributed by atoms with Crippen molar-refractivity contribution >= 4 is 15.9 Å². The van der Waals surface area contributed by atoms with Crippen LogP contribution in [0, 0.1) is 13.8 Å². The van der Waals surface area contributed by atoms with Crippen molar-refractivity contribution in [1.29, 1.82) is 0 Å². The van der Waals surface area contributed by atoms with Gasteiger partial charge in [-0.1, -0.05) is 6.92 Å². The minimum absolute atomic E-state index is 0.740. The first-order valence-electron chi connectivity index (χ1n) is 7.52. The molecule has 1 N–H and O–H groups in total. The molecule has 0 aliphatic carbocycles. The molecule has 0 radical (unpaired) electrons. The van der Waals surface area contributed by atoms with Crippen LogP contribution >= 0.6 is 15.9 Å². The number of hydrogen-bond acceptors (Lipinski definition) is 3. The molecular formula is C15H24BrN5. The number of aryl methyl sites for hydroxylation is 3. The molecule has 0 bridgehead atoms. The fourth-order valence-electron chi connectivity index (χ4n) is 2.39. The summed E-state index contributed by atoms with van der Waals surface area (Å²) < 4.78 is 5.13. The minimum atomic E-state index is 0.740. The zero-order valence-corrected chi connectivity index (χ0v) is 14.9. The predicted octanol–water partition coefficient (Wildman–Crippen LogP) is 3.03. The maximum Gasteiger partial charge on any atom is 0.0840 e. The van der Waals surface area contributed by atoms with Crippen molar-refractivity contribution < 1.29 is 0 Å². The fraction of sp³-hybridized carbons (Fsp3) is 0.600. The summed E-state index contributed by atoms with van der Waals surface area (Å²) in [6, 6.07) is 0. The van der Waals surface area contributed by atoms with Crippen molar-refractivity contribution in [2.45, 2.75) is 53.8 Å². The molecule has 2 heterocycles. The number of aromatic nitrogens is 4. The van der Waals surface area contributed by atoms with Gasteiger partial charge in [-0.3, -0.25) is 9.36 Å². The summed E-state index contributed by atoms with van der Waals surface area (Å²) >= 11 is 3.64. The van der Waals surface area contributed by atoms with Crippen LogP contribution in [0.4, 0.5) is 0 Å². The van der Waals surface area contributed by atoms with Crippen molar-refractivity contribution in [2.24, 2.45) is 0 Å². The summed E-state index contributed by atoms with van der Waals surface area (Å²) in [5.74, 6) is 0. The summed E-state index contributed by atoms with van der Waals surface area (Å²) in [4.78, 5) is 0. The van der Waals surface area contributed by atoms with Gasteiger partial charge in [0, 0.05) is 24.8 Å². The van der Waals surface area contributed by atoms with E-state index >= 15 is 0 Å². The molecule has 116 valence electrons. The Morgan fingerprint density at radius 2 is 1.95 bits per heavy atom. The highest BCUT2D eigenvalue weighted by Crippen LogP contribution is 2.22. The average molecular weight is 354 g/mol. The molecule has 5 nitrogen and oxygen atoms in total. The van der Waals surface area contributed by atoms with Crippen LogP contribution in [0.25, 0.3) is 0 Å². The van der Waals surface area contributed by atoms with Gasteiger partial charge in [0.05, 0.1) is 28.1 Å². The van der Waals surface area contributed by atoms with E-state index in [1.165, 1.54) is 11.3 Å². The molecule has 0 saturated carbocycles. The normalized spacial score (nSPS) is 11.3. The third-order valence-electron chi connectivity index (χ3n) is 3.55. The highest BCUT2D eigenvalue weighted by molar-refractivity contribution is 9.10. The fourth-order valence-corrected chi connectivity index (χ4v) is 2.80. The Balaban J connectivity index is 2.15. The maximum absolute atomic E-state index is 4.63. The number of hydrogen-bond donors (Lipinski definition) is 1. The van der Waals surface area contributed by atoms with Crippen LogP contribution in [-0.2, 0) is 19.6 Å².